The summed E-state index contributed by atoms with van der Waals surface area (Å²) < 4.78 is 2.01. The Hall–Kier alpha value is -5.24. The number of aromatic nitrogens is 8. The molecule has 0 amide bonds. The second-order valence-electron chi connectivity index (χ2n) is 10.1. The van der Waals surface area contributed by atoms with Gasteiger partial charge in [0, 0.05) is 51.4 Å². The van der Waals surface area contributed by atoms with Crippen LogP contribution >= 0.6 is 0 Å². The Labute approximate surface area is 249 Å². The first-order chi connectivity index (χ1) is 20.2. The smallest absolute Gasteiger partial charge is 0.357 e. The van der Waals surface area contributed by atoms with E-state index in [0.29, 0.717) is 34.6 Å². The quantitative estimate of drug-likeness (QED) is 0.186. The summed E-state index contributed by atoms with van der Waals surface area (Å²) >= 11 is 0. The molecule has 0 atom stereocenters. The molecule has 0 fully saturated rings. The summed E-state index contributed by atoms with van der Waals surface area (Å²) in [6.45, 7) is 0. The number of benzene rings is 4. The monoisotopic (exact) mass is 590 g/mol. The number of hydrogen-bond acceptors (Lipinski definition) is 6. The molecule has 3 aromatic heterocycles. The predicted molar refractivity (Wildman–Crippen MR) is 160 cm³/mol. The number of fused-ring (bicyclic) bond motifs is 20. The van der Waals surface area contributed by atoms with Gasteiger partial charge in [-0.25, -0.2) is 19.9 Å². The molecule has 7 aromatic rings. The van der Waals surface area contributed by atoms with Crippen LogP contribution in [0.5, 0.6) is 0 Å². The van der Waals surface area contributed by atoms with Crippen LogP contribution in [0, 0.1) is 0 Å². The van der Waals surface area contributed by atoms with E-state index in [2.05, 4.69) is 12.1 Å². The zero-order valence-electron chi connectivity index (χ0n) is 22.1. The first-order valence-electron chi connectivity index (χ1n) is 13.3. The van der Waals surface area contributed by atoms with Crippen LogP contribution in [-0.4, -0.2) is 34.5 Å². The zero-order valence-corrected chi connectivity index (χ0v) is 23.1. The number of rotatable bonds is 0. The van der Waals surface area contributed by atoms with Crippen LogP contribution in [0.1, 0.15) is 0 Å². The summed E-state index contributed by atoms with van der Waals surface area (Å²) in [5, 5.41) is 3.77. The van der Waals surface area contributed by atoms with Crippen molar-refractivity contribution >= 4 is 44.1 Å². The van der Waals surface area contributed by atoms with E-state index in [-0.39, 0.29) is 17.1 Å². The van der Waals surface area contributed by atoms with Crippen molar-refractivity contribution in [3.8, 4) is 45.6 Å². The molecule has 0 aliphatic carbocycles. The van der Waals surface area contributed by atoms with E-state index < -0.39 is 0 Å². The third kappa shape index (κ3) is 3.48. The van der Waals surface area contributed by atoms with E-state index in [1.54, 1.807) is 0 Å². The number of hydrogen-bond donors (Lipinski definition) is 0. The van der Waals surface area contributed by atoms with Gasteiger partial charge in [0.1, 0.15) is 11.3 Å². The average molecular weight is 591 g/mol. The molecular weight excluding hydrogens is 572 g/mol. The normalized spacial score (nSPS) is 11.7. The molecule has 2 aliphatic rings. The molecule has 0 saturated carbocycles. The van der Waals surface area contributed by atoms with Crippen molar-refractivity contribution in [1.82, 2.24) is 39.5 Å². The summed E-state index contributed by atoms with van der Waals surface area (Å²) in [6.07, 6.45) is 0. The molecule has 4 aromatic carbocycles. The van der Waals surface area contributed by atoms with Gasteiger partial charge in [0.2, 0.25) is 0 Å². The number of aryl methyl sites for hydroxylation is 1. The van der Waals surface area contributed by atoms with Gasteiger partial charge >= 0.3 is 17.1 Å². The first kappa shape index (κ1) is 24.5. The van der Waals surface area contributed by atoms with E-state index in [0.717, 1.165) is 55.1 Å². The molecule has 8 bridgehead atoms. The standard InChI is InChI=1S/C33H19N8.Cu/c1-41-32-24-16-8-9-17-25(24)33(41)40-31-23-15-7-5-13-21(23)29(38-31)36-27-19-11-3-2-10-18(19)26(34-27)35-28-20-12-4-6-14-22(20)30(37-28)39-32;/h2-17H,1H3;/q-1;+1. The first-order valence-corrected chi connectivity index (χ1v) is 13.3. The van der Waals surface area contributed by atoms with Crippen LogP contribution < -0.4 is 4.98 Å². The van der Waals surface area contributed by atoms with Gasteiger partial charge in [-0.15, -0.1) is 0 Å². The second-order valence-corrected chi connectivity index (χ2v) is 10.1. The maximum absolute atomic E-state index is 5.12. The molecule has 0 spiro atoms. The third-order valence-corrected chi connectivity index (χ3v) is 7.75. The summed E-state index contributed by atoms with van der Waals surface area (Å²) in [6, 6.07) is 32.2. The summed E-state index contributed by atoms with van der Waals surface area (Å²) in [5.41, 5.74) is 6.33. The Kier molecular flexibility index (Phi) is 5.34. The Morgan fingerprint density at radius 3 is 1.17 bits per heavy atom. The van der Waals surface area contributed by atoms with Gasteiger partial charge in [-0.3, -0.25) is 0 Å². The molecule has 9 heteroatoms. The molecule has 0 saturated heterocycles. The molecule has 42 heavy (non-hydrogen) atoms. The van der Waals surface area contributed by atoms with E-state index in [1.165, 1.54) is 0 Å². The largest absolute Gasteiger partial charge is 1.00 e. The van der Waals surface area contributed by atoms with Gasteiger partial charge in [0.25, 0.3) is 0 Å². The molecule has 5 heterocycles. The molecule has 202 valence electrons. The summed E-state index contributed by atoms with van der Waals surface area (Å²) in [5.74, 6) is 2.35. The maximum Gasteiger partial charge on any atom is 1.00 e. The Morgan fingerprint density at radius 2 is 0.762 bits per heavy atom. The van der Waals surface area contributed by atoms with Crippen molar-refractivity contribution in [2.24, 2.45) is 7.05 Å². The van der Waals surface area contributed by atoms with Crippen molar-refractivity contribution in [3.63, 3.8) is 0 Å². The van der Waals surface area contributed by atoms with Crippen molar-refractivity contribution in [2.75, 3.05) is 0 Å². The topological polar surface area (TPSA) is 96.4 Å². The summed E-state index contributed by atoms with van der Waals surface area (Å²) in [4.78, 5) is 35.0. The fourth-order valence-electron chi connectivity index (χ4n) is 5.80. The molecule has 9 rings (SSSR count). The minimum atomic E-state index is 0. The van der Waals surface area contributed by atoms with E-state index >= 15 is 0 Å². The third-order valence-electron chi connectivity index (χ3n) is 7.75. The van der Waals surface area contributed by atoms with Gasteiger partial charge in [-0.05, 0) is 10.8 Å². The second kappa shape index (κ2) is 9.14. The Balaban J connectivity index is 0.00000267. The molecule has 0 radical (unpaired) electrons. The van der Waals surface area contributed by atoms with Gasteiger partial charge in [0.05, 0.1) is 11.6 Å². The van der Waals surface area contributed by atoms with E-state index in [4.69, 9.17) is 34.9 Å². The molecule has 0 N–H and O–H groups in total. The van der Waals surface area contributed by atoms with Gasteiger partial charge in [-0.1, -0.05) is 97.1 Å². The Morgan fingerprint density at radius 1 is 0.429 bits per heavy atom. The van der Waals surface area contributed by atoms with E-state index in [1.807, 2.05) is 96.5 Å². The van der Waals surface area contributed by atoms with Crippen molar-refractivity contribution in [1.29, 1.82) is 0 Å². The minimum Gasteiger partial charge on any atom is -0.357 e. The fraction of sp³-hybridized carbons (Fsp3) is 0.0303. The SMILES string of the molecule is Cn1c2nc3nc(nc4[n-]c(nc5nc(nc1c1ccccc12)-c1ccccc1-5)c1ccccc41)-c1ccccc1-3.[Cu+]. The van der Waals surface area contributed by atoms with Gasteiger partial charge in [0.15, 0.2) is 11.6 Å². The van der Waals surface area contributed by atoms with Gasteiger partial charge in [-0.2, -0.15) is 0 Å². The van der Waals surface area contributed by atoms with Crippen LogP contribution in [0.15, 0.2) is 97.1 Å². The van der Waals surface area contributed by atoms with Crippen LogP contribution in [-0.2, 0) is 24.1 Å². The van der Waals surface area contributed by atoms with Crippen LogP contribution in [0.4, 0.5) is 0 Å². The van der Waals surface area contributed by atoms with Crippen molar-refractivity contribution < 1.29 is 17.1 Å². The molecule has 0 unspecified atom stereocenters. The number of nitrogens with zero attached hydrogens (tertiary/aromatic N) is 8. The van der Waals surface area contributed by atoms with Crippen LogP contribution in [0.2, 0.25) is 0 Å². The molecule has 2 aliphatic heterocycles. The van der Waals surface area contributed by atoms with Crippen LogP contribution in [0.25, 0.3) is 89.7 Å². The minimum absolute atomic E-state index is 0. The maximum atomic E-state index is 5.12. The van der Waals surface area contributed by atoms with E-state index in [9.17, 15) is 0 Å². The summed E-state index contributed by atoms with van der Waals surface area (Å²) in [7, 11) is 1.98. The average Bonchev–Trinajstić information content (AvgIpc) is 3.72. The fourth-order valence-corrected chi connectivity index (χ4v) is 5.80. The van der Waals surface area contributed by atoms with Crippen molar-refractivity contribution in [3.05, 3.63) is 97.1 Å². The van der Waals surface area contributed by atoms with Crippen molar-refractivity contribution in [2.45, 2.75) is 0 Å². The molecular formula is C33H19CuN8. The Bertz CT molecular complexity index is 2240. The predicted octanol–water partition coefficient (Wildman–Crippen LogP) is 6.51. The molecule has 8 nitrogen and oxygen atoms in total. The van der Waals surface area contributed by atoms with Gasteiger partial charge < -0.3 is 19.5 Å². The zero-order chi connectivity index (χ0) is 27.1. The van der Waals surface area contributed by atoms with Crippen LogP contribution in [0.3, 0.4) is 0 Å².